The second kappa shape index (κ2) is 4.82. The number of rotatable bonds is 3. The van der Waals surface area contributed by atoms with Crippen LogP contribution in [0.5, 0.6) is 0 Å². The predicted octanol–water partition coefficient (Wildman–Crippen LogP) is 1.01. The van der Waals surface area contributed by atoms with Crippen molar-refractivity contribution in [1.29, 1.82) is 0 Å². The molecule has 0 heterocycles. The van der Waals surface area contributed by atoms with Gasteiger partial charge in [-0.2, -0.15) is 0 Å². The van der Waals surface area contributed by atoms with Gasteiger partial charge in [-0.25, -0.2) is 0 Å². The summed E-state index contributed by atoms with van der Waals surface area (Å²) in [6, 6.07) is 9.88. The fourth-order valence-electron chi connectivity index (χ4n) is 1.03. The Balaban J connectivity index is 2.59. The van der Waals surface area contributed by atoms with E-state index in [1.54, 1.807) is 6.92 Å². The van der Waals surface area contributed by atoms with Gasteiger partial charge in [-0.15, -0.1) is 0 Å². The Morgan fingerprint density at radius 1 is 1.38 bits per heavy atom. The molecule has 0 bridgehead atoms. The van der Waals surface area contributed by atoms with E-state index in [1.165, 1.54) is 6.42 Å². The first-order valence-corrected chi connectivity index (χ1v) is 6.49. The number of carbonyl (C=O) groups excluding carboxylic acids is 1. The minimum Gasteiger partial charge on any atom is -0.518 e. The maximum Gasteiger partial charge on any atom is 0.296 e. The molecule has 2 nitrogen and oxygen atoms in total. The molecule has 1 aromatic rings. The molecule has 1 unspecified atom stereocenters. The zero-order valence-electron chi connectivity index (χ0n) is 7.86. The number of carbonyl (C=O) groups is 1. The molecule has 0 aliphatic carbocycles. The van der Waals surface area contributed by atoms with E-state index >= 15 is 0 Å². The van der Waals surface area contributed by atoms with Crippen LogP contribution in [-0.4, -0.2) is 15.0 Å². The summed E-state index contributed by atoms with van der Waals surface area (Å²) in [5, 5.41) is 1.15. The van der Waals surface area contributed by atoms with Gasteiger partial charge >= 0.3 is 0 Å². The van der Waals surface area contributed by atoms with Crippen molar-refractivity contribution in [2.45, 2.75) is 13.5 Å². The Labute approximate surface area is 80.3 Å². The fraction of sp³-hybridized carbons (Fsp3) is 0.200. The molecule has 0 N–H and O–H groups in total. The first-order valence-electron chi connectivity index (χ1n) is 4.29. The maximum absolute atomic E-state index is 11.0. The predicted molar refractivity (Wildman–Crippen MR) is 55.2 cm³/mol. The van der Waals surface area contributed by atoms with Gasteiger partial charge in [0.05, 0.1) is 6.42 Å². The third-order valence-corrected chi connectivity index (χ3v) is 3.71. The van der Waals surface area contributed by atoms with Gasteiger partial charge in [-0.1, -0.05) is 37.3 Å². The lowest BCUT2D eigenvalue weighted by molar-refractivity contribution is -0.130. The average molecular weight is 193 g/mol. The molecule has 1 radical (unpaired) electrons. The van der Waals surface area contributed by atoms with Crippen molar-refractivity contribution >= 4 is 20.2 Å². The fourth-order valence-corrected chi connectivity index (χ4v) is 2.42. The topological polar surface area (TPSA) is 26.3 Å². The molecule has 1 aromatic carbocycles. The maximum atomic E-state index is 11.0. The molecule has 13 heavy (non-hydrogen) atoms. The number of benzene rings is 1. The summed E-state index contributed by atoms with van der Waals surface area (Å²) in [6.07, 6.45) is 1.45. The van der Waals surface area contributed by atoms with Crippen molar-refractivity contribution in [1.82, 2.24) is 0 Å². The van der Waals surface area contributed by atoms with E-state index < -0.39 is 9.04 Å². The van der Waals surface area contributed by atoms with E-state index in [0.717, 1.165) is 5.19 Å². The first kappa shape index (κ1) is 9.99. The van der Waals surface area contributed by atoms with E-state index in [9.17, 15) is 4.79 Å². The summed E-state index contributed by atoms with van der Waals surface area (Å²) in [7, 11) is -1.52. The minimum atomic E-state index is -1.52. The van der Waals surface area contributed by atoms with Gasteiger partial charge in [0, 0.05) is 0 Å². The summed E-state index contributed by atoms with van der Waals surface area (Å²) >= 11 is 0. The largest absolute Gasteiger partial charge is 0.518 e. The van der Waals surface area contributed by atoms with Gasteiger partial charge in [0.15, 0.2) is 0 Å². The highest BCUT2D eigenvalue weighted by Crippen LogP contribution is 1.92. The van der Waals surface area contributed by atoms with Crippen LogP contribution in [0.1, 0.15) is 6.92 Å². The Hall–Kier alpha value is -1.09. The standard InChI is InChI=1S/C10H13O2Si/c1-3-10(11)12-13(2)9-7-5-4-6-8-9/h3-8,13H,1-2H3. The van der Waals surface area contributed by atoms with Crippen molar-refractivity contribution in [2.75, 3.05) is 0 Å². The quantitative estimate of drug-likeness (QED) is 0.670. The van der Waals surface area contributed by atoms with Gasteiger partial charge in [0.1, 0.15) is 0 Å². The van der Waals surface area contributed by atoms with Crippen LogP contribution in [0.25, 0.3) is 0 Å². The summed E-state index contributed by atoms with van der Waals surface area (Å²) in [5.41, 5.74) is 0. The summed E-state index contributed by atoms with van der Waals surface area (Å²) < 4.78 is 5.23. The normalized spacial score (nSPS) is 12.2. The molecular weight excluding hydrogens is 180 g/mol. The number of hydrogen-bond acceptors (Lipinski definition) is 2. The molecule has 0 amide bonds. The van der Waals surface area contributed by atoms with Crippen LogP contribution in [0.3, 0.4) is 0 Å². The molecule has 0 fully saturated rings. The minimum absolute atomic E-state index is 0.219. The summed E-state index contributed by atoms with van der Waals surface area (Å²) in [6.45, 7) is 3.69. The Morgan fingerprint density at radius 2 is 2.00 bits per heavy atom. The highest BCUT2D eigenvalue weighted by Gasteiger charge is 2.11. The Morgan fingerprint density at radius 3 is 2.54 bits per heavy atom. The number of hydrogen-bond donors (Lipinski definition) is 0. The average Bonchev–Trinajstić information content (AvgIpc) is 2.19. The monoisotopic (exact) mass is 193 g/mol. The molecule has 0 aromatic heterocycles. The van der Waals surface area contributed by atoms with Crippen LogP contribution in [-0.2, 0) is 9.22 Å². The van der Waals surface area contributed by atoms with E-state index in [-0.39, 0.29) is 5.97 Å². The third kappa shape index (κ3) is 3.03. The van der Waals surface area contributed by atoms with Crippen LogP contribution in [0.4, 0.5) is 0 Å². The van der Waals surface area contributed by atoms with Crippen LogP contribution in [0.2, 0.25) is 6.55 Å². The second-order valence-corrected chi connectivity index (χ2v) is 4.97. The van der Waals surface area contributed by atoms with Gasteiger partial charge in [0.2, 0.25) is 0 Å². The van der Waals surface area contributed by atoms with Gasteiger partial charge in [-0.3, -0.25) is 4.79 Å². The first-order chi connectivity index (χ1) is 6.24. The molecule has 0 aliphatic rings. The zero-order chi connectivity index (χ0) is 9.68. The van der Waals surface area contributed by atoms with Crippen molar-refractivity contribution in [3.8, 4) is 0 Å². The van der Waals surface area contributed by atoms with Crippen LogP contribution in [0.15, 0.2) is 30.3 Å². The smallest absolute Gasteiger partial charge is 0.296 e. The molecule has 0 aliphatic heterocycles. The van der Waals surface area contributed by atoms with Crippen molar-refractivity contribution in [2.24, 2.45) is 0 Å². The van der Waals surface area contributed by atoms with Crippen LogP contribution < -0.4 is 5.19 Å². The van der Waals surface area contributed by atoms with Crippen LogP contribution in [0, 0.1) is 6.42 Å². The van der Waals surface area contributed by atoms with Crippen LogP contribution >= 0.6 is 0 Å². The van der Waals surface area contributed by atoms with E-state index in [0.29, 0.717) is 0 Å². The van der Waals surface area contributed by atoms with Gasteiger partial charge in [-0.05, 0) is 11.7 Å². The van der Waals surface area contributed by atoms with E-state index in [4.69, 9.17) is 4.43 Å². The molecule has 1 atom stereocenters. The highest BCUT2D eigenvalue weighted by molar-refractivity contribution is 6.67. The second-order valence-electron chi connectivity index (χ2n) is 2.78. The lowest BCUT2D eigenvalue weighted by Crippen LogP contribution is -2.32. The molecule has 0 saturated heterocycles. The zero-order valence-corrected chi connectivity index (χ0v) is 9.01. The highest BCUT2D eigenvalue weighted by atomic mass is 28.3. The molecular formula is C10H13O2Si. The SMILES string of the molecule is C[CH]C(=O)O[SiH](C)c1ccccc1. The Bertz CT molecular complexity index is 272. The lowest BCUT2D eigenvalue weighted by Gasteiger charge is -2.10. The molecule has 0 saturated carbocycles. The van der Waals surface area contributed by atoms with E-state index in [1.807, 2.05) is 36.9 Å². The molecule has 0 spiro atoms. The lowest BCUT2D eigenvalue weighted by atomic mass is 10.4. The van der Waals surface area contributed by atoms with Gasteiger partial charge in [0.25, 0.3) is 15.0 Å². The summed E-state index contributed by atoms with van der Waals surface area (Å²) in [5.74, 6) is -0.219. The third-order valence-electron chi connectivity index (χ3n) is 1.80. The van der Waals surface area contributed by atoms with Crippen molar-refractivity contribution in [3.63, 3.8) is 0 Å². The van der Waals surface area contributed by atoms with Crippen molar-refractivity contribution < 1.29 is 9.22 Å². The Kier molecular flexibility index (Phi) is 3.70. The summed E-state index contributed by atoms with van der Waals surface area (Å²) in [4.78, 5) is 11.0. The van der Waals surface area contributed by atoms with E-state index in [2.05, 4.69) is 0 Å². The molecule has 3 heteroatoms. The van der Waals surface area contributed by atoms with Crippen molar-refractivity contribution in [3.05, 3.63) is 36.8 Å². The van der Waals surface area contributed by atoms with Gasteiger partial charge < -0.3 is 4.43 Å². The molecule has 1 rings (SSSR count). The molecule has 69 valence electrons.